The number of alkyl carbamates (subject to hydrolysis) is 2. The van der Waals surface area contributed by atoms with Crippen LogP contribution >= 0.6 is 49.7 Å². The lowest BCUT2D eigenvalue weighted by Crippen LogP contribution is -2.40. The minimum absolute atomic E-state index is 0. The maximum atomic E-state index is 13.6. The Hall–Kier alpha value is -8.16. The summed E-state index contributed by atoms with van der Waals surface area (Å²) in [5, 5.41) is 31.8. The standard InChI is InChI=1S/C33H36N6O8S2.C33H44N6O6S2.C6H13NO.CH4.2H2S/c1-33(2,3)37-49(44,45)29-19-23(36-32(41)47-25-12-10-24(11-13-25)39(42)43)9-14-27(29)28-21-34-30(48-28)38-17-15-26(16-18-38)46-31(40)35-20-22-7-5-4-6-8-22;1-33(2,3)37-47(42,43)29-19-24(36-32(41)44-22-25-11-8-16-38(25)4)12-13-27(29)28-21-34-30(46-28)39-17-14-26(15-18-39)45-31(40)35-20-23-9-6-5-7-10-23;1-7-4-2-3-6(7)5-8;;;/h4-14,19,21,26,37H,15-18,20H2,1-3H3,(H,35,40)(H,36,41);5-7,9-10,12-13,19,21,25-26,37H,8,11,14-18,20,22H2,1-4H3,(H,35,40)(H,36,41);6,8H,2-5H2,1H3;1H4;2*1H2/t;25-;6-;;;/m.00.../s1. The number of nitrogens with zero attached hydrogens (tertiary/aromatic N) is 7. The number of benzene rings is 5. The molecule has 0 aliphatic carbocycles. The lowest BCUT2D eigenvalue weighted by molar-refractivity contribution is -0.384. The Morgan fingerprint density at radius 3 is 1.36 bits per heavy atom. The minimum atomic E-state index is -4.08. The third kappa shape index (κ3) is 26.9. The average molecular weight is 1590 g/mol. The number of hydrogen-bond acceptors (Lipinski definition) is 23. The maximum absolute atomic E-state index is 13.6. The number of amides is 4. The number of aliphatic hydroxyl groups is 1. The number of anilines is 4. The van der Waals surface area contributed by atoms with E-state index in [1.807, 2.05) is 67.7 Å². The first-order valence-corrected chi connectivity index (χ1v) is 39.0. The molecule has 0 spiro atoms. The Bertz CT molecular complexity index is 4270. The van der Waals surface area contributed by atoms with Crippen LogP contribution in [0.3, 0.4) is 0 Å². The molecule has 4 amide bonds. The SMILES string of the molecule is C.CC(C)(C)NS(=O)(=O)c1cc(NC(=O)Oc2ccc([N+](=O)[O-])cc2)ccc1-c1cnc(N2CCC(OC(=O)NCc3ccccc3)CC2)s1.CN1CCC[C@H]1CO.CN1CCC[C@H]1COC(=O)Nc1ccc(-c2cnc(N3CCC(OC(=O)NCc4ccccc4)CC3)s2)c(S(=O)(=O)NC(C)(C)C)c1.S.S. The number of nitro benzene ring substituents is 1. The summed E-state index contributed by atoms with van der Waals surface area (Å²) in [4.78, 5) is 79.2. The summed E-state index contributed by atoms with van der Waals surface area (Å²) < 4.78 is 81.9. The summed E-state index contributed by atoms with van der Waals surface area (Å²) in [6.07, 6.45) is 7.38. The zero-order chi connectivity index (χ0) is 74.8. The number of rotatable bonds is 21. The molecule has 584 valence electrons. The van der Waals surface area contributed by atoms with Crippen molar-refractivity contribution in [3.63, 3.8) is 0 Å². The van der Waals surface area contributed by atoms with Gasteiger partial charge < -0.3 is 54.3 Å². The summed E-state index contributed by atoms with van der Waals surface area (Å²) >= 11 is 2.72. The van der Waals surface area contributed by atoms with E-state index in [0.717, 1.165) is 42.2 Å². The molecule has 2 aromatic heterocycles. The highest BCUT2D eigenvalue weighted by atomic mass is 32.2. The average Bonchev–Trinajstić information content (AvgIpc) is 1.77. The van der Waals surface area contributed by atoms with Crippen molar-refractivity contribution in [3.05, 3.63) is 155 Å². The van der Waals surface area contributed by atoms with Gasteiger partial charge in [0.15, 0.2) is 10.3 Å². The molecule has 0 bridgehead atoms. The first-order chi connectivity index (χ1) is 49.5. The molecule has 107 heavy (non-hydrogen) atoms. The van der Waals surface area contributed by atoms with E-state index in [2.05, 4.69) is 67.3 Å². The molecule has 5 aromatic carbocycles. The zero-order valence-corrected chi connectivity index (χ0v) is 65.9. The predicted molar refractivity (Wildman–Crippen MR) is 429 cm³/mol. The molecular formula is C73H101N13O15S6. The lowest BCUT2D eigenvalue weighted by Gasteiger charge is -2.31. The second kappa shape index (κ2) is 40.3. The van der Waals surface area contributed by atoms with Crippen LogP contribution in [0.5, 0.6) is 5.75 Å². The normalized spacial score (nSPS) is 16.5. The fourth-order valence-corrected chi connectivity index (χ4v) is 17.4. The second-order valence-corrected chi connectivity index (χ2v) is 33.1. The summed E-state index contributed by atoms with van der Waals surface area (Å²) in [6, 6.07) is 34.1. The molecule has 7 aromatic rings. The fraction of sp³-hybridized carbons (Fsp3) is 0.452. The van der Waals surface area contributed by atoms with Gasteiger partial charge in [0.25, 0.3) is 5.69 Å². The van der Waals surface area contributed by atoms with Crippen molar-refractivity contribution < 1.29 is 65.0 Å². The summed E-state index contributed by atoms with van der Waals surface area (Å²) in [5.74, 6) is 0.0704. The molecule has 34 heteroatoms. The van der Waals surface area contributed by atoms with Gasteiger partial charge in [0.2, 0.25) is 20.0 Å². The number of likely N-dealkylation sites (N-methyl/N-ethyl adjacent to an activating group) is 2. The van der Waals surface area contributed by atoms with Crippen LogP contribution in [-0.4, -0.2) is 173 Å². The molecule has 7 N–H and O–H groups in total. The van der Waals surface area contributed by atoms with E-state index in [9.17, 15) is 46.1 Å². The lowest BCUT2D eigenvalue weighted by atomic mass is 10.1. The van der Waals surface area contributed by atoms with Crippen molar-refractivity contribution in [3.8, 4) is 26.6 Å². The molecule has 0 radical (unpaired) electrons. The van der Waals surface area contributed by atoms with Gasteiger partial charge in [-0.1, -0.05) is 103 Å². The Kier molecular flexibility index (Phi) is 33.1. The highest BCUT2D eigenvalue weighted by Crippen LogP contribution is 2.40. The van der Waals surface area contributed by atoms with Crippen molar-refractivity contribution >= 4 is 121 Å². The van der Waals surface area contributed by atoms with Crippen molar-refractivity contribution in [1.82, 2.24) is 39.8 Å². The van der Waals surface area contributed by atoms with E-state index in [0.29, 0.717) is 109 Å². The zero-order valence-electron chi connectivity index (χ0n) is 60.7. The molecule has 11 rings (SSSR count). The highest BCUT2D eigenvalue weighted by molar-refractivity contribution is 7.90. The smallest absolute Gasteiger partial charge is 0.417 e. The molecule has 4 fully saturated rings. The van der Waals surface area contributed by atoms with Crippen LogP contribution in [0.4, 0.5) is 46.5 Å². The summed E-state index contributed by atoms with van der Waals surface area (Å²) in [7, 11) is -3.99. The van der Waals surface area contributed by atoms with Gasteiger partial charge >= 0.3 is 24.4 Å². The predicted octanol–water partition coefficient (Wildman–Crippen LogP) is 12.7. The third-order valence-corrected chi connectivity index (χ3v) is 23.0. The number of carbonyl (C=O) groups is 4. The monoisotopic (exact) mass is 1590 g/mol. The number of carbonyl (C=O) groups excluding carboxylic acids is 4. The van der Waals surface area contributed by atoms with E-state index in [-0.39, 0.29) is 86.2 Å². The molecule has 28 nitrogen and oxygen atoms in total. The fourth-order valence-electron chi connectivity index (χ4n) is 11.9. The molecule has 6 heterocycles. The van der Waals surface area contributed by atoms with Gasteiger partial charge in [0.1, 0.15) is 24.6 Å². The van der Waals surface area contributed by atoms with Crippen molar-refractivity contribution in [1.29, 1.82) is 0 Å². The molecule has 4 saturated heterocycles. The van der Waals surface area contributed by atoms with Crippen LogP contribution in [0.1, 0.15) is 111 Å². The van der Waals surface area contributed by atoms with Crippen LogP contribution < -0.4 is 45.2 Å². The molecule has 0 unspecified atom stereocenters. The first-order valence-electron chi connectivity index (χ1n) is 34.4. The molecule has 4 aliphatic rings. The number of ether oxygens (including phenoxy) is 4. The van der Waals surface area contributed by atoms with E-state index in [4.69, 9.17) is 24.1 Å². The van der Waals surface area contributed by atoms with Gasteiger partial charge in [0.05, 0.1) is 31.1 Å². The van der Waals surface area contributed by atoms with Gasteiger partial charge in [-0.2, -0.15) is 27.0 Å². The van der Waals surface area contributed by atoms with Gasteiger partial charge in [-0.05, 0) is 142 Å². The van der Waals surface area contributed by atoms with Crippen molar-refractivity contribution in [2.24, 2.45) is 0 Å². The van der Waals surface area contributed by atoms with Gasteiger partial charge in [-0.25, -0.2) is 55.4 Å². The minimum Gasteiger partial charge on any atom is -0.448 e. The number of non-ortho nitro benzene ring substituents is 1. The molecular weight excluding hydrogens is 1490 g/mol. The van der Waals surface area contributed by atoms with Crippen molar-refractivity contribution in [2.45, 2.75) is 159 Å². The van der Waals surface area contributed by atoms with E-state index < -0.39 is 60.4 Å². The van der Waals surface area contributed by atoms with Crippen LogP contribution in [0.2, 0.25) is 0 Å². The van der Waals surface area contributed by atoms with E-state index in [1.54, 1.807) is 78.2 Å². The van der Waals surface area contributed by atoms with Gasteiger partial charge in [-0.3, -0.25) is 20.7 Å². The van der Waals surface area contributed by atoms with Crippen LogP contribution in [0.15, 0.2) is 144 Å². The number of hydrogen-bond donors (Lipinski definition) is 7. The van der Waals surface area contributed by atoms with Crippen LogP contribution in [-0.2, 0) is 47.3 Å². The van der Waals surface area contributed by atoms with Crippen LogP contribution in [0, 0.1) is 10.1 Å². The highest BCUT2D eigenvalue weighted by Gasteiger charge is 2.32. The first kappa shape index (κ1) is 87.7. The molecule has 0 saturated carbocycles. The van der Waals surface area contributed by atoms with E-state index in [1.165, 1.54) is 71.9 Å². The number of nitrogens with one attached hydrogen (secondary N) is 6. The quantitative estimate of drug-likeness (QED) is 0.0200. The Morgan fingerprint density at radius 1 is 0.570 bits per heavy atom. The summed E-state index contributed by atoms with van der Waals surface area (Å²) in [5.41, 5.74) is 1.64. The van der Waals surface area contributed by atoms with Crippen LogP contribution in [0.25, 0.3) is 20.9 Å². The number of sulfonamides is 2. The van der Waals surface area contributed by atoms with E-state index >= 15 is 0 Å². The number of piperidine rings is 2. The Morgan fingerprint density at radius 2 is 0.981 bits per heavy atom. The maximum Gasteiger partial charge on any atom is 0.417 e. The number of thiazole rings is 2. The second-order valence-electron chi connectivity index (χ2n) is 27.7. The van der Waals surface area contributed by atoms with Crippen molar-refractivity contribution in [2.75, 3.05) is 87.0 Å². The number of aliphatic hydroxyl groups excluding tert-OH is 1. The number of nitro groups is 1. The summed E-state index contributed by atoms with van der Waals surface area (Å²) in [6.45, 7) is 16.5. The molecule has 4 aliphatic heterocycles. The largest absolute Gasteiger partial charge is 0.448 e. The van der Waals surface area contributed by atoms with Gasteiger partial charge in [0, 0.05) is 135 Å². The number of likely N-dealkylation sites (tertiary alicyclic amines) is 2. The Labute approximate surface area is 649 Å². The molecule has 2 atom stereocenters. The topological polar surface area (TPSA) is 348 Å². The Balaban J connectivity index is 0.000000295. The third-order valence-electron chi connectivity index (χ3n) is 17.2. The van der Waals surface area contributed by atoms with Gasteiger partial charge in [-0.15, -0.1) is 0 Å². The number of aromatic nitrogens is 2.